The Hall–Kier alpha value is -0.120. The molecule has 2 saturated heterocycles. The molecule has 2 rings (SSSR count). The number of likely N-dealkylation sites (tertiary alicyclic amines) is 2. The molecule has 0 amide bonds. The maximum atomic E-state index is 6.02. The Morgan fingerprint density at radius 1 is 1.00 bits per heavy atom. The third-order valence-corrected chi connectivity index (χ3v) is 5.96. The zero-order valence-electron chi connectivity index (χ0n) is 14.9. The summed E-state index contributed by atoms with van der Waals surface area (Å²) in [6.45, 7) is 15.4. The van der Waals surface area contributed by atoms with Gasteiger partial charge in [0.25, 0.3) is 0 Å². The number of ether oxygens (including phenoxy) is 1. The number of hydrogen-bond donors (Lipinski definition) is 0. The summed E-state index contributed by atoms with van der Waals surface area (Å²) >= 11 is 0. The molecular weight excluding hydrogens is 260 g/mol. The number of methoxy groups -OCH3 is 1. The molecule has 0 unspecified atom stereocenters. The molecule has 2 heterocycles. The van der Waals surface area contributed by atoms with Crippen molar-refractivity contribution < 1.29 is 4.74 Å². The Labute approximate surface area is 132 Å². The van der Waals surface area contributed by atoms with E-state index in [9.17, 15) is 0 Å². The molecular formula is C18H36N2O. The van der Waals surface area contributed by atoms with Crippen molar-refractivity contribution in [3.05, 3.63) is 0 Å². The van der Waals surface area contributed by atoms with Gasteiger partial charge in [-0.1, -0.05) is 13.8 Å². The minimum atomic E-state index is 0.107. The van der Waals surface area contributed by atoms with Gasteiger partial charge in [0.05, 0.1) is 5.60 Å². The van der Waals surface area contributed by atoms with Crippen molar-refractivity contribution in [1.29, 1.82) is 0 Å². The first kappa shape index (κ1) is 17.2. The lowest BCUT2D eigenvalue weighted by Gasteiger charge is -2.46. The summed E-state index contributed by atoms with van der Waals surface area (Å²) in [5.74, 6) is 1.78. The van der Waals surface area contributed by atoms with E-state index < -0.39 is 0 Å². The number of rotatable bonds is 5. The Morgan fingerprint density at radius 2 is 1.57 bits per heavy atom. The van der Waals surface area contributed by atoms with E-state index in [1.54, 1.807) is 0 Å². The van der Waals surface area contributed by atoms with Gasteiger partial charge in [0.1, 0.15) is 0 Å². The van der Waals surface area contributed by atoms with Crippen LogP contribution in [0.1, 0.15) is 53.4 Å². The monoisotopic (exact) mass is 296 g/mol. The normalized spacial score (nSPS) is 25.9. The van der Waals surface area contributed by atoms with Crippen molar-refractivity contribution in [2.75, 3.05) is 39.8 Å². The fraction of sp³-hybridized carbons (Fsp3) is 1.00. The molecule has 0 N–H and O–H groups in total. The molecule has 0 aromatic carbocycles. The van der Waals surface area contributed by atoms with Gasteiger partial charge < -0.3 is 14.5 Å². The summed E-state index contributed by atoms with van der Waals surface area (Å²) in [7, 11) is 1.92. The summed E-state index contributed by atoms with van der Waals surface area (Å²) in [5, 5.41) is 0. The van der Waals surface area contributed by atoms with Crippen molar-refractivity contribution in [3.63, 3.8) is 0 Å². The summed E-state index contributed by atoms with van der Waals surface area (Å²) < 4.78 is 6.02. The van der Waals surface area contributed by atoms with Gasteiger partial charge in [-0.25, -0.2) is 0 Å². The molecule has 0 saturated carbocycles. The number of piperidine rings is 2. The first-order valence-electron chi connectivity index (χ1n) is 8.97. The lowest BCUT2D eigenvalue weighted by molar-refractivity contribution is -0.0842. The summed E-state index contributed by atoms with van der Waals surface area (Å²) in [4.78, 5) is 5.25. The molecule has 21 heavy (non-hydrogen) atoms. The van der Waals surface area contributed by atoms with Crippen LogP contribution in [0.15, 0.2) is 0 Å². The highest BCUT2D eigenvalue weighted by Crippen LogP contribution is 2.31. The van der Waals surface area contributed by atoms with E-state index >= 15 is 0 Å². The quantitative estimate of drug-likeness (QED) is 0.774. The van der Waals surface area contributed by atoms with Crippen LogP contribution in [0, 0.1) is 11.8 Å². The van der Waals surface area contributed by atoms with Crippen LogP contribution in [-0.4, -0.2) is 61.3 Å². The van der Waals surface area contributed by atoms with Gasteiger partial charge in [-0.15, -0.1) is 0 Å². The van der Waals surface area contributed by atoms with Crippen LogP contribution in [0.2, 0.25) is 0 Å². The second-order valence-corrected chi connectivity index (χ2v) is 7.87. The molecule has 2 fully saturated rings. The predicted molar refractivity (Wildman–Crippen MR) is 89.7 cm³/mol. The molecule has 0 aromatic rings. The van der Waals surface area contributed by atoms with Crippen LogP contribution >= 0.6 is 0 Å². The maximum absolute atomic E-state index is 6.02. The molecule has 2 aliphatic rings. The number of hydrogen-bond acceptors (Lipinski definition) is 3. The molecule has 0 radical (unpaired) electrons. The predicted octanol–water partition coefficient (Wildman–Crippen LogP) is 3.24. The highest BCUT2D eigenvalue weighted by Gasteiger charge is 2.37. The van der Waals surface area contributed by atoms with Gasteiger partial charge in [0.2, 0.25) is 0 Å². The Balaban J connectivity index is 1.83. The average molecular weight is 296 g/mol. The van der Waals surface area contributed by atoms with Crippen molar-refractivity contribution in [3.8, 4) is 0 Å². The highest BCUT2D eigenvalue weighted by atomic mass is 16.5. The molecule has 0 aromatic heterocycles. The van der Waals surface area contributed by atoms with Gasteiger partial charge in [-0.3, -0.25) is 0 Å². The van der Waals surface area contributed by atoms with Gasteiger partial charge in [-0.05, 0) is 64.5 Å². The lowest BCUT2D eigenvalue weighted by atomic mass is 9.85. The lowest BCUT2D eigenvalue weighted by Crippen LogP contribution is -2.54. The minimum absolute atomic E-state index is 0.107. The summed E-state index contributed by atoms with van der Waals surface area (Å²) in [6, 6.07) is 0.668. The maximum Gasteiger partial charge on any atom is 0.0829 e. The van der Waals surface area contributed by atoms with Crippen LogP contribution in [0.3, 0.4) is 0 Å². The third-order valence-electron chi connectivity index (χ3n) is 5.96. The second-order valence-electron chi connectivity index (χ2n) is 7.87. The van der Waals surface area contributed by atoms with Gasteiger partial charge >= 0.3 is 0 Å². The summed E-state index contributed by atoms with van der Waals surface area (Å²) in [5.41, 5.74) is 0.107. The van der Waals surface area contributed by atoms with Gasteiger partial charge in [-0.2, -0.15) is 0 Å². The fourth-order valence-corrected chi connectivity index (χ4v) is 4.06. The van der Waals surface area contributed by atoms with E-state index in [1.165, 1.54) is 51.9 Å². The smallest absolute Gasteiger partial charge is 0.0829 e. The molecule has 3 nitrogen and oxygen atoms in total. The zero-order valence-corrected chi connectivity index (χ0v) is 14.9. The van der Waals surface area contributed by atoms with E-state index in [-0.39, 0.29) is 5.60 Å². The first-order valence-corrected chi connectivity index (χ1v) is 8.97. The fourth-order valence-electron chi connectivity index (χ4n) is 4.06. The zero-order chi connectivity index (χ0) is 15.5. The first-order chi connectivity index (χ1) is 9.96. The van der Waals surface area contributed by atoms with Crippen LogP contribution in [0.5, 0.6) is 0 Å². The van der Waals surface area contributed by atoms with E-state index in [0.29, 0.717) is 6.04 Å². The molecule has 0 bridgehead atoms. The van der Waals surface area contributed by atoms with E-state index in [4.69, 9.17) is 4.74 Å². The summed E-state index contributed by atoms with van der Waals surface area (Å²) in [6.07, 6.45) is 5.11. The third kappa shape index (κ3) is 4.43. The van der Waals surface area contributed by atoms with Crippen LogP contribution in [0.4, 0.5) is 0 Å². The van der Waals surface area contributed by atoms with E-state index in [2.05, 4.69) is 37.5 Å². The molecule has 2 aliphatic heterocycles. The molecule has 3 heteroatoms. The van der Waals surface area contributed by atoms with Gasteiger partial charge in [0, 0.05) is 32.8 Å². The van der Waals surface area contributed by atoms with Crippen molar-refractivity contribution in [2.24, 2.45) is 11.8 Å². The Bertz CT molecular complexity index is 300. The minimum Gasteiger partial charge on any atom is -0.377 e. The molecule has 0 aliphatic carbocycles. The molecule has 0 atom stereocenters. The molecule has 0 spiro atoms. The van der Waals surface area contributed by atoms with Gasteiger partial charge in [0.15, 0.2) is 0 Å². The van der Waals surface area contributed by atoms with Crippen molar-refractivity contribution in [2.45, 2.75) is 65.0 Å². The molecule has 124 valence electrons. The number of nitrogens with zero attached hydrogens (tertiary/aromatic N) is 2. The standard InChI is InChI=1S/C18H36N2O/c1-15(2)17-6-10-19(11-7-17)14-18(21-5)8-12-20(13-9-18)16(3)4/h15-17H,6-14H2,1-5H3. The average Bonchev–Trinajstić information content (AvgIpc) is 2.48. The van der Waals surface area contributed by atoms with Crippen molar-refractivity contribution >= 4 is 0 Å². The highest BCUT2D eigenvalue weighted by molar-refractivity contribution is 4.92. The second kappa shape index (κ2) is 7.43. The largest absolute Gasteiger partial charge is 0.377 e. The Kier molecular flexibility index (Phi) is 6.10. The van der Waals surface area contributed by atoms with E-state index in [0.717, 1.165) is 18.4 Å². The van der Waals surface area contributed by atoms with Crippen molar-refractivity contribution in [1.82, 2.24) is 9.80 Å². The Morgan fingerprint density at radius 3 is 2.00 bits per heavy atom. The topological polar surface area (TPSA) is 15.7 Å². The van der Waals surface area contributed by atoms with Crippen LogP contribution in [-0.2, 0) is 4.74 Å². The SMILES string of the molecule is COC1(CN2CCC(C(C)C)CC2)CCN(C(C)C)CC1. The van der Waals surface area contributed by atoms with E-state index in [1.807, 2.05) is 7.11 Å². The van der Waals surface area contributed by atoms with Crippen LogP contribution < -0.4 is 0 Å². The van der Waals surface area contributed by atoms with Crippen LogP contribution in [0.25, 0.3) is 0 Å².